The molecule has 0 saturated heterocycles. The Labute approximate surface area is 169 Å². The molecule has 1 aromatic carbocycles. The Morgan fingerprint density at radius 2 is 2.03 bits per heavy atom. The minimum Gasteiger partial charge on any atom is -0.334 e. The van der Waals surface area contributed by atoms with Crippen LogP contribution in [0.1, 0.15) is 34.7 Å². The number of benzene rings is 1. The van der Waals surface area contributed by atoms with Crippen molar-refractivity contribution < 1.29 is 9.32 Å². The number of nitrogens with one attached hydrogen (secondary N) is 1. The van der Waals surface area contributed by atoms with Gasteiger partial charge in [0.1, 0.15) is 5.56 Å². The van der Waals surface area contributed by atoms with E-state index >= 15 is 0 Å². The van der Waals surface area contributed by atoms with E-state index in [4.69, 9.17) is 4.52 Å². The first-order valence-corrected chi connectivity index (χ1v) is 9.35. The van der Waals surface area contributed by atoms with Crippen molar-refractivity contribution in [2.45, 2.75) is 26.8 Å². The van der Waals surface area contributed by atoms with E-state index in [1.54, 1.807) is 48.9 Å². The van der Waals surface area contributed by atoms with Crippen molar-refractivity contribution in [1.82, 2.24) is 19.6 Å². The van der Waals surface area contributed by atoms with Crippen molar-refractivity contribution in [3.8, 4) is 11.5 Å². The second-order valence-electron chi connectivity index (χ2n) is 7.38. The lowest BCUT2D eigenvalue weighted by molar-refractivity contribution is 0.102. The number of nitrogens with zero attached hydrogens (tertiary/aromatic N) is 4. The van der Waals surface area contributed by atoms with Crippen molar-refractivity contribution in [2.24, 2.45) is 0 Å². The van der Waals surface area contributed by atoms with Gasteiger partial charge in [-0.2, -0.15) is 4.98 Å². The normalized spacial score (nSPS) is 12.2. The highest BCUT2D eigenvalue weighted by Gasteiger charge is 2.19. The number of aryl methyl sites for hydroxylation is 2. The second kappa shape index (κ2) is 8.40. The molecule has 0 radical (unpaired) electrons. The van der Waals surface area contributed by atoms with Crippen molar-refractivity contribution in [3.05, 3.63) is 63.8 Å². The number of carbonyl (C=O) groups excluding carboxylic acids is 1. The molecule has 1 atom stereocenters. The van der Waals surface area contributed by atoms with Crippen LogP contribution in [0.3, 0.4) is 0 Å². The van der Waals surface area contributed by atoms with Crippen LogP contribution in [0.2, 0.25) is 0 Å². The average molecular weight is 395 g/mol. The summed E-state index contributed by atoms with van der Waals surface area (Å²) in [7, 11) is 3.89. The van der Waals surface area contributed by atoms with E-state index in [1.165, 1.54) is 0 Å². The molecule has 2 heterocycles. The van der Waals surface area contributed by atoms with Gasteiger partial charge in [0.05, 0.1) is 0 Å². The Kier molecular flexibility index (Phi) is 5.93. The van der Waals surface area contributed by atoms with Crippen LogP contribution in [0, 0.1) is 13.8 Å². The summed E-state index contributed by atoms with van der Waals surface area (Å²) in [4.78, 5) is 32.1. The Balaban J connectivity index is 1.89. The van der Waals surface area contributed by atoms with E-state index in [9.17, 15) is 9.59 Å². The summed E-state index contributed by atoms with van der Waals surface area (Å²) in [5.74, 6) is 0.453. The summed E-state index contributed by atoms with van der Waals surface area (Å²) >= 11 is 0. The molecule has 8 nitrogen and oxygen atoms in total. The van der Waals surface area contributed by atoms with Crippen molar-refractivity contribution in [3.63, 3.8) is 0 Å². The number of hydrogen-bond donors (Lipinski definition) is 1. The quantitative estimate of drug-likeness (QED) is 0.690. The molecule has 0 bridgehead atoms. The molecule has 29 heavy (non-hydrogen) atoms. The Morgan fingerprint density at radius 1 is 1.28 bits per heavy atom. The van der Waals surface area contributed by atoms with Crippen LogP contribution in [0.4, 0.5) is 5.69 Å². The molecule has 0 aliphatic carbocycles. The van der Waals surface area contributed by atoms with Crippen molar-refractivity contribution >= 4 is 11.6 Å². The maximum atomic E-state index is 13.0. The van der Waals surface area contributed by atoms with Gasteiger partial charge in [0.15, 0.2) is 5.82 Å². The number of anilines is 1. The molecule has 3 rings (SSSR count). The van der Waals surface area contributed by atoms with E-state index in [2.05, 4.69) is 15.5 Å². The van der Waals surface area contributed by atoms with Crippen LogP contribution >= 0.6 is 0 Å². The lowest BCUT2D eigenvalue weighted by Gasteiger charge is -2.20. The number of carbonyl (C=O) groups is 1. The molecule has 0 aliphatic rings. The zero-order valence-electron chi connectivity index (χ0n) is 17.3. The number of amides is 1. The number of rotatable bonds is 6. The number of likely N-dealkylation sites (N-methyl/N-ethyl adjacent to an activating group) is 1. The van der Waals surface area contributed by atoms with Crippen molar-refractivity contribution in [2.75, 3.05) is 26.0 Å². The molecule has 152 valence electrons. The molecule has 0 aliphatic heterocycles. The van der Waals surface area contributed by atoms with Gasteiger partial charge < -0.3 is 19.3 Å². The van der Waals surface area contributed by atoms with E-state index in [0.29, 0.717) is 35.1 Å². The van der Waals surface area contributed by atoms with E-state index in [1.807, 2.05) is 32.0 Å². The number of pyridine rings is 1. The summed E-state index contributed by atoms with van der Waals surface area (Å²) in [5, 5.41) is 6.59. The van der Waals surface area contributed by atoms with Gasteiger partial charge in [-0.15, -0.1) is 0 Å². The minimum absolute atomic E-state index is 0.0613. The van der Waals surface area contributed by atoms with Crippen LogP contribution in [-0.4, -0.2) is 46.2 Å². The zero-order valence-corrected chi connectivity index (χ0v) is 17.3. The molecule has 1 N–H and O–H groups in total. The number of hydrogen-bond acceptors (Lipinski definition) is 6. The van der Waals surface area contributed by atoms with Gasteiger partial charge in [-0.25, -0.2) is 0 Å². The summed E-state index contributed by atoms with van der Waals surface area (Å²) < 4.78 is 6.77. The lowest BCUT2D eigenvalue weighted by Crippen LogP contribution is -2.34. The Bertz CT molecular complexity index is 1080. The fourth-order valence-electron chi connectivity index (χ4n) is 3.22. The molecular formula is C21H25N5O3. The molecule has 0 spiro atoms. The zero-order chi connectivity index (χ0) is 21.1. The third-order valence-corrected chi connectivity index (χ3v) is 4.55. The maximum absolute atomic E-state index is 13.0. The van der Waals surface area contributed by atoms with E-state index in [0.717, 1.165) is 0 Å². The fraction of sp³-hybridized carbons (Fsp3) is 0.333. The largest absolute Gasteiger partial charge is 0.334 e. The molecule has 1 unspecified atom stereocenters. The first kappa shape index (κ1) is 20.5. The van der Waals surface area contributed by atoms with Crippen LogP contribution in [-0.2, 0) is 0 Å². The van der Waals surface area contributed by atoms with Crippen LogP contribution in [0.15, 0.2) is 45.8 Å². The van der Waals surface area contributed by atoms with Crippen LogP contribution < -0.4 is 10.9 Å². The van der Waals surface area contributed by atoms with Crippen LogP contribution in [0.5, 0.6) is 0 Å². The second-order valence-corrected chi connectivity index (χ2v) is 7.38. The van der Waals surface area contributed by atoms with E-state index in [-0.39, 0.29) is 17.2 Å². The fourth-order valence-corrected chi connectivity index (χ4v) is 3.22. The SMILES string of the molecule is Cc1noc(-c2cccc(NC(=O)c3c(C)ccn(C(C)CN(C)C)c3=O)c2)n1. The number of aromatic nitrogens is 3. The summed E-state index contributed by atoms with van der Waals surface area (Å²) in [6, 6.07) is 8.80. The van der Waals surface area contributed by atoms with Gasteiger partial charge in [-0.05, 0) is 64.7 Å². The molecule has 8 heteroatoms. The maximum Gasteiger partial charge on any atom is 0.263 e. The van der Waals surface area contributed by atoms with Gasteiger partial charge in [0.2, 0.25) is 0 Å². The smallest absolute Gasteiger partial charge is 0.263 e. The van der Waals surface area contributed by atoms with E-state index < -0.39 is 5.91 Å². The van der Waals surface area contributed by atoms with Crippen molar-refractivity contribution in [1.29, 1.82) is 0 Å². The third-order valence-electron chi connectivity index (χ3n) is 4.55. The van der Waals surface area contributed by atoms with Gasteiger partial charge in [0, 0.05) is 30.0 Å². The monoisotopic (exact) mass is 395 g/mol. The Morgan fingerprint density at radius 3 is 2.69 bits per heavy atom. The first-order chi connectivity index (χ1) is 13.8. The highest BCUT2D eigenvalue weighted by molar-refractivity contribution is 6.05. The lowest BCUT2D eigenvalue weighted by atomic mass is 10.1. The van der Waals surface area contributed by atoms with Gasteiger partial charge in [0.25, 0.3) is 17.4 Å². The minimum atomic E-state index is -0.447. The Hall–Kier alpha value is -3.26. The molecule has 0 saturated carbocycles. The molecule has 2 aromatic heterocycles. The summed E-state index contributed by atoms with van der Waals surface area (Å²) in [5.41, 5.74) is 1.69. The highest BCUT2D eigenvalue weighted by Crippen LogP contribution is 2.21. The standard InChI is InChI=1S/C21H25N5O3/c1-13-9-10-26(14(2)12-25(4)5)21(28)18(13)19(27)23-17-8-6-7-16(11-17)20-22-15(3)24-29-20/h6-11,14H,12H2,1-5H3,(H,23,27). The van der Waals surface area contributed by atoms with Crippen LogP contribution in [0.25, 0.3) is 11.5 Å². The summed E-state index contributed by atoms with van der Waals surface area (Å²) in [6.45, 7) is 6.14. The average Bonchev–Trinajstić information content (AvgIpc) is 3.08. The third kappa shape index (κ3) is 4.60. The molecule has 1 amide bonds. The topological polar surface area (TPSA) is 93.3 Å². The van der Waals surface area contributed by atoms with Gasteiger partial charge >= 0.3 is 0 Å². The predicted octanol–water partition coefficient (Wildman–Crippen LogP) is 2.89. The van der Waals surface area contributed by atoms with Gasteiger partial charge in [-0.3, -0.25) is 9.59 Å². The highest BCUT2D eigenvalue weighted by atomic mass is 16.5. The predicted molar refractivity (Wildman–Crippen MR) is 111 cm³/mol. The molecular weight excluding hydrogens is 370 g/mol. The molecule has 0 fully saturated rings. The van der Waals surface area contributed by atoms with Gasteiger partial charge in [-0.1, -0.05) is 11.2 Å². The first-order valence-electron chi connectivity index (χ1n) is 9.35. The summed E-state index contributed by atoms with van der Waals surface area (Å²) in [6.07, 6.45) is 1.74. The molecule has 3 aromatic rings.